The van der Waals surface area contributed by atoms with Gasteiger partial charge in [-0.3, -0.25) is 9.69 Å². The lowest BCUT2D eigenvalue weighted by Crippen LogP contribution is -2.48. The fourth-order valence-electron chi connectivity index (χ4n) is 2.52. The van der Waals surface area contributed by atoms with Gasteiger partial charge in [-0.05, 0) is 24.6 Å². The summed E-state index contributed by atoms with van der Waals surface area (Å²) in [5, 5.41) is 0. The maximum absolute atomic E-state index is 12.1. The molecular formula is C17H15NO. The van der Waals surface area contributed by atoms with Crippen LogP contribution in [-0.2, 0) is 4.79 Å². The summed E-state index contributed by atoms with van der Waals surface area (Å²) < 4.78 is 0. The Kier molecular flexibility index (Phi) is 2.71. The van der Waals surface area contributed by atoms with Crippen LogP contribution in [0.4, 0.5) is 5.69 Å². The number of hydrogen-bond donors (Lipinski definition) is 0. The number of amides is 1. The predicted molar refractivity (Wildman–Crippen MR) is 77.0 cm³/mol. The number of hydrogen-bond acceptors (Lipinski definition) is 1. The quantitative estimate of drug-likeness (QED) is 0.588. The number of β-lactam (4-membered cyclic amide) rings is 1. The van der Waals surface area contributed by atoms with Crippen LogP contribution in [0.1, 0.15) is 17.2 Å². The fourth-order valence-corrected chi connectivity index (χ4v) is 2.52. The average Bonchev–Trinajstić information content (AvgIpc) is 2.44. The van der Waals surface area contributed by atoms with Gasteiger partial charge in [-0.2, -0.15) is 0 Å². The summed E-state index contributed by atoms with van der Waals surface area (Å²) in [7, 11) is 0. The Hall–Kier alpha value is -2.35. The Labute approximate surface area is 113 Å². The first kappa shape index (κ1) is 11.7. The van der Waals surface area contributed by atoms with E-state index in [0.717, 1.165) is 11.3 Å². The molecule has 0 radical (unpaired) electrons. The summed E-state index contributed by atoms with van der Waals surface area (Å²) in [6.45, 7) is 5.97. The summed E-state index contributed by atoms with van der Waals surface area (Å²) in [4.78, 5) is 13.9. The first-order valence-corrected chi connectivity index (χ1v) is 6.32. The highest BCUT2D eigenvalue weighted by molar-refractivity contribution is 6.14. The van der Waals surface area contributed by atoms with Crippen molar-refractivity contribution in [3.8, 4) is 0 Å². The summed E-state index contributed by atoms with van der Waals surface area (Å²) >= 11 is 0. The molecule has 1 fully saturated rings. The maximum Gasteiger partial charge on any atom is 0.256 e. The van der Waals surface area contributed by atoms with E-state index >= 15 is 0 Å². The molecule has 1 atom stereocenters. The summed E-state index contributed by atoms with van der Waals surface area (Å²) in [6, 6.07) is 17.9. The molecule has 3 rings (SSSR count). The molecule has 0 N–H and O–H groups in total. The Bertz CT molecular complexity index is 645. The lowest BCUT2D eigenvalue weighted by atomic mass is 9.88. The van der Waals surface area contributed by atoms with Gasteiger partial charge < -0.3 is 0 Å². The summed E-state index contributed by atoms with van der Waals surface area (Å²) in [5.74, 6) is 0.0118. The minimum atomic E-state index is -0.0326. The van der Waals surface area contributed by atoms with E-state index in [0.29, 0.717) is 5.57 Å². The Morgan fingerprint density at radius 2 is 1.79 bits per heavy atom. The zero-order chi connectivity index (χ0) is 13.4. The van der Waals surface area contributed by atoms with Gasteiger partial charge in [-0.25, -0.2) is 0 Å². The van der Waals surface area contributed by atoms with Crippen LogP contribution in [0, 0.1) is 6.92 Å². The first-order valence-electron chi connectivity index (χ1n) is 6.32. The van der Waals surface area contributed by atoms with Crippen LogP contribution in [-0.4, -0.2) is 5.91 Å². The minimum absolute atomic E-state index is 0.0118. The van der Waals surface area contributed by atoms with Crippen molar-refractivity contribution >= 4 is 11.6 Å². The van der Waals surface area contributed by atoms with Gasteiger partial charge in [0.25, 0.3) is 5.91 Å². The molecule has 1 aliphatic heterocycles. The monoisotopic (exact) mass is 249 g/mol. The van der Waals surface area contributed by atoms with Crippen LogP contribution in [0.2, 0.25) is 0 Å². The molecular weight excluding hydrogens is 234 g/mol. The van der Waals surface area contributed by atoms with Gasteiger partial charge in [0.2, 0.25) is 0 Å². The van der Waals surface area contributed by atoms with Crippen LogP contribution in [0.15, 0.2) is 66.7 Å². The Morgan fingerprint density at radius 1 is 1.05 bits per heavy atom. The third kappa shape index (κ3) is 1.85. The van der Waals surface area contributed by atoms with E-state index in [1.807, 2.05) is 42.5 Å². The molecule has 0 aromatic heterocycles. The van der Waals surface area contributed by atoms with Gasteiger partial charge in [0.05, 0.1) is 6.04 Å². The average molecular weight is 249 g/mol. The molecule has 2 heteroatoms. The van der Waals surface area contributed by atoms with Gasteiger partial charge in [0.1, 0.15) is 0 Å². The van der Waals surface area contributed by atoms with E-state index in [-0.39, 0.29) is 11.9 Å². The molecule has 1 aliphatic rings. The molecule has 94 valence electrons. The van der Waals surface area contributed by atoms with Crippen molar-refractivity contribution in [3.05, 3.63) is 77.9 Å². The van der Waals surface area contributed by atoms with Gasteiger partial charge in [-0.1, -0.05) is 54.6 Å². The van der Waals surface area contributed by atoms with Crippen molar-refractivity contribution in [3.63, 3.8) is 0 Å². The highest BCUT2D eigenvalue weighted by Gasteiger charge is 2.42. The number of carbonyl (C=O) groups excluding carboxylic acids is 1. The molecule has 0 aliphatic carbocycles. The number of rotatable bonds is 2. The van der Waals surface area contributed by atoms with Crippen molar-refractivity contribution < 1.29 is 4.79 Å². The molecule has 2 aromatic rings. The second-order valence-corrected chi connectivity index (χ2v) is 4.85. The number of carbonyl (C=O) groups is 1. The SMILES string of the molecule is C=C1C(=O)N(c2ccccc2)[C@H]1c1cccc(C)c1. The highest BCUT2D eigenvalue weighted by atomic mass is 16.2. The van der Waals surface area contributed by atoms with Gasteiger partial charge >= 0.3 is 0 Å². The largest absolute Gasteiger partial charge is 0.297 e. The minimum Gasteiger partial charge on any atom is -0.297 e. The third-order valence-electron chi connectivity index (χ3n) is 3.47. The molecule has 0 bridgehead atoms. The number of aryl methyl sites for hydroxylation is 1. The number of nitrogens with zero attached hydrogens (tertiary/aromatic N) is 1. The van der Waals surface area contributed by atoms with Crippen LogP contribution in [0.3, 0.4) is 0 Å². The van der Waals surface area contributed by atoms with Crippen molar-refractivity contribution in [1.82, 2.24) is 0 Å². The summed E-state index contributed by atoms with van der Waals surface area (Å²) in [6.07, 6.45) is 0. The van der Waals surface area contributed by atoms with Crippen molar-refractivity contribution in [2.24, 2.45) is 0 Å². The third-order valence-corrected chi connectivity index (χ3v) is 3.47. The van der Waals surface area contributed by atoms with E-state index in [2.05, 4.69) is 25.6 Å². The van der Waals surface area contributed by atoms with Crippen LogP contribution in [0.25, 0.3) is 0 Å². The molecule has 2 aromatic carbocycles. The summed E-state index contributed by atoms with van der Waals surface area (Å²) in [5.41, 5.74) is 3.90. The Balaban J connectivity index is 2.01. The van der Waals surface area contributed by atoms with Crippen LogP contribution < -0.4 is 4.90 Å². The highest BCUT2D eigenvalue weighted by Crippen LogP contribution is 2.41. The molecule has 1 heterocycles. The number of anilines is 1. The second-order valence-electron chi connectivity index (χ2n) is 4.85. The molecule has 0 saturated carbocycles. The van der Waals surface area contributed by atoms with Gasteiger partial charge in [0, 0.05) is 11.3 Å². The molecule has 0 spiro atoms. The van der Waals surface area contributed by atoms with E-state index in [4.69, 9.17) is 0 Å². The van der Waals surface area contributed by atoms with Crippen molar-refractivity contribution in [2.75, 3.05) is 4.90 Å². The molecule has 2 nitrogen and oxygen atoms in total. The number of benzene rings is 2. The zero-order valence-electron chi connectivity index (χ0n) is 10.8. The Morgan fingerprint density at radius 3 is 2.47 bits per heavy atom. The van der Waals surface area contributed by atoms with E-state index in [9.17, 15) is 4.79 Å². The molecule has 1 amide bonds. The fraction of sp³-hybridized carbons (Fsp3) is 0.118. The normalized spacial score (nSPS) is 18.4. The molecule has 0 unspecified atom stereocenters. The van der Waals surface area contributed by atoms with Crippen molar-refractivity contribution in [2.45, 2.75) is 13.0 Å². The van der Waals surface area contributed by atoms with Crippen LogP contribution >= 0.6 is 0 Å². The number of para-hydroxylation sites is 1. The van der Waals surface area contributed by atoms with E-state index in [1.54, 1.807) is 4.90 Å². The predicted octanol–water partition coefficient (Wildman–Crippen LogP) is 3.64. The van der Waals surface area contributed by atoms with Gasteiger partial charge in [-0.15, -0.1) is 0 Å². The first-order chi connectivity index (χ1) is 9.18. The van der Waals surface area contributed by atoms with Crippen molar-refractivity contribution in [1.29, 1.82) is 0 Å². The lowest BCUT2D eigenvalue weighted by molar-refractivity contribution is -0.118. The molecule has 1 saturated heterocycles. The topological polar surface area (TPSA) is 20.3 Å². The van der Waals surface area contributed by atoms with E-state index < -0.39 is 0 Å². The zero-order valence-corrected chi connectivity index (χ0v) is 10.8. The smallest absolute Gasteiger partial charge is 0.256 e. The van der Waals surface area contributed by atoms with E-state index in [1.165, 1.54) is 5.56 Å². The second kappa shape index (κ2) is 4.39. The maximum atomic E-state index is 12.1. The standard InChI is InChI=1S/C17H15NO/c1-12-7-6-8-14(11-12)16-13(2)17(19)18(16)15-9-4-3-5-10-15/h3-11,16H,2H2,1H3/t16-/m1/s1. The van der Waals surface area contributed by atoms with Crippen LogP contribution in [0.5, 0.6) is 0 Å². The lowest BCUT2D eigenvalue weighted by Gasteiger charge is -2.42. The van der Waals surface area contributed by atoms with Gasteiger partial charge in [0.15, 0.2) is 0 Å². The molecule has 19 heavy (non-hydrogen) atoms.